The summed E-state index contributed by atoms with van der Waals surface area (Å²) in [4.78, 5) is 23.9. The first-order valence-corrected chi connectivity index (χ1v) is 8.56. The molecule has 4 heteroatoms. The van der Waals surface area contributed by atoms with Gasteiger partial charge in [-0.2, -0.15) is 0 Å². The van der Waals surface area contributed by atoms with E-state index in [0.717, 1.165) is 12.8 Å². The number of carboxylic acids is 1. The Kier molecular flexibility index (Phi) is 5.65. The van der Waals surface area contributed by atoms with E-state index in [9.17, 15) is 14.7 Å². The third-order valence-electron chi connectivity index (χ3n) is 5.62. The van der Waals surface area contributed by atoms with E-state index < -0.39 is 11.9 Å². The van der Waals surface area contributed by atoms with Gasteiger partial charge in [-0.1, -0.05) is 32.6 Å². The molecule has 0 aromatic heterocycles. The summed E-state index contributed by atoms with van der Waals surface area (Å²) in [7, 11) is 0. The van der Waals surface area contributed by atoms with E-state index in [1.54, 1.807) is 0 Å². The van der Waals surface area contributed by atoms with Crippen LogP contribution < -0.4 is 5.32 Å². The van der Waals surface area contributed by atoms with E-state index in [1.807, 2.05) is 0 Å². The highest BCUT2D eigenvalue weighted by atomic mass is 16.4. The van der Waals surface area contributed by atoms with E-state index in [2.05, 4.69) is 19.2 Å². The summed E-state index contributed by atoms with van der Waals surface area (Å²) in [6, 6.07) is 0.174. The van der Waals surface area contributed by atoms with Crippen LogP contribution in [-0.4, -0.2) is 23.0 Å². The number of hydrogen-bond donors (Lipinski definition) is 2. The van der Waals surface area contributed by atoms with Crippen molar-refractivity contribution in [3.63, 3.8) is 0 Å². The van der Waals surface area contributed by atoms with Crippen LogP contribution in [0.4, 0.5) is 0 Å². The van der Waals surface area contributed by atoms with Gasteiger partial charge in [0, 0.05) is 6.04 Å². The third kappa shape index (κ3) is 3.98. The van der Waals surface area contributed by atoms with Gasteiger partial charge in [-0.3, -0.25) is 9.59 Å². The minimum atomic E-state index is -0.809. The van der Waals surface area contributed by atoms with Crippen LogP contribution in [0, 0.1) is 23.7 Å². The van der Waals surface area contributed by atoms with Crippen molar-refractivity contribution in [2.24, 2.45) is 23.7 Å². The molecule has 0 aliphatic heterocycles. The molecule has 0 aromatic carbocycles. The summed E-state index contributed by atoms with van der Waals surface area (Å²) in [5.41, 5.74) is 0. The highest BCUT2D eigenvalue weighted by molar-refractivity contribution is 5.85. The summed E-state index contributed by atoms with van der Waals surface area (Å²) in [5, 5.41) is 12.5. The molecule has 2 saturated carbocycles. The van der Waals surface area contributed by atoms with Crippen LogP contribution in [0.25, 0.3) is 0 Å². The number of hydrogen-bond acceptors (Lipinski definition) is 2. The highest BCUT2D eigenvalue weighted by Gasteiger charge is 2.42. The number of amides is 1. The Morgan fingerprint density at radius 2 is 1.76 bits per heavy atom. The first kappa shape index (κ1) is 16.3. The molecule has 0 spiro atoms. The minimum Gasteiger partial charge on any atom is -0.481 e. The zero-order valence-corrected chi connectivity index (χ0v) is 13.3. The SMILES string of the molecule is CCC1C[C@H](C(=O)N[C@H](C)C2CCCCC2)[C@H](C(=O)O)C1. The number of carboxylic acid groups (broad SMARTS) is 1. The molecule has 2 N–H and O–H groups in total. The van der Waals surface area contributed by atoms with E-state index in [1.165, 1.54) is 32.1 Å². The Hall–Kier alpha value is -1.06. The maximum absolute atomic E-state index is 12.5. The lowest BCUT2D eigenvalue weighted by Gasteiger charge is -2.29. The smallest absolute Gasteiger partial charge is 0.307 e. The molecule has 0 saturated heterocycles. The normalized spacial score (nSPS) is 31.8. The van der Waals surface area contributed by atoms with E-state index in [0.29, 0.717) is 18.3 Å². The van der Waals surface area contributed by atoms with Crippen LogP contribution in [0.1, 0.15) is 65.2 Å². The predicted molar refractivity (Wildman–Crippen MR) is 81.8 cm³/mol. The van der Waals surface area contributed by atoms with Crippen molar-refractivity contribution in [1.29, 1.82) is 0 Å². The molecule has 0 radical (unpaired) electrons. The van der Waals surface area contributed by atoms with Gasteiger partial charge in [-0.25, -0.2) is 0 Å². The summed E-state index contributed by atoms with van der Waals surface area (Å²) in [6.07, 6.45) is 8.54. The highest BCUT2D eigenvalue weighted by Crippen LogP contribution is 2.38. The Bertz CT molecular complexity index is 376. The summed E-state index contributed by atoms with van der Waals surface area (Å²) >= 11 is 0. The van der Waals surface area contributed by atoms with Crippen molar-refractivity contribution < 1.29 is 14.7 Å². The molecule has 21 heavy (non-hydrogen) atoms. The largest absolute Gasteiger partial charge is 0.481 e. The Morgan fingerprint density at radius 1 is 1.14 bits per heavy atom. The molecule has 1 unspecified atom stereocenters. The van der Waals surface area contributed by atoms with Crippen LogP contribution in [0.5, 0.6) is 0 Å². The fourth-order valence-electron chi connectivity index (χ4n) is 4.12. The second-order valence-corrected chi connectivity index (χ2v) is 6.99. The van der Waals surface area contributed by atoms with E-state index in [4.69, 9.17) is 0 Å². The lowest BCUT2D eigenvalue weighted by molar-refractivity contribution is -0.146. The molecule has 2 fully saturated rings. The number of rotatable bonds is 5. The molecule has 0 heterocycles. The van der Waals surface area contributed by atoms with Gasteiger partial charge >= 0.3 is 5.97 Å². The second kappa shape index (κ2) is 7.28. The van der Waals surface area contributed by atoms with Crippen molar-refractivity contribution in [3.8, 4) is 0 Å². The number of nitrogens with one attached hydrogen (secondary N) is 1. The molecule has 120 valence electrons. The van der Waals surface area contributed by atoms with Crippen LogP contribution in [0.3, 0.4) is 0 Å². The molecule has 2 aliphatic rings. The maximum atomic E-state index is 12.5. The van der Waals surface area contributed by atoms with Crippen molar-refractivity contribution >= 4 is 11.9 Å². The van der Waals surface area contributed by atoms with Crippen molar-refractivity contribution in [2.75, 3.05) is 0 Å². The summed E-state index contributed by atoms with van der Waals surface area (Å²) < 4.78 is 0. The van der Waals surface area contributed by atoms with Gasteiger partial charge in [0.15, 0.2) is 0 Å². The van der Waals surface area contributed by atoms with Crippen LogP contribution in [0.2, 0.25) is 0 Å². The second-order valence-electron chi connectivity index (χ2n) is 6.99. The number of aliphatic carboxylic acids is 1. The molecule has 2 rings (SSSR count). The fraction of sp³-hybridized carbons (Fsp3) is 0.882. The molecule has 0 bridgehead atoms. The van der Waals surface area contributed by atoms with Gasteiger partial charge in [0.25, 0.3) is 0 Å². The van der Waals surface area contributed by atoms with Gasteiger partial charge in [0.2, 0.25) is 5.91 Å². The maximum Gasteiger partial charge on any atom is 0.307 e. The van der Waals surface area contributed by atoms with E-state index in [-0.39, 0.29) is 17.9 Å². The lowest BCUT2D eigenvalue weighted by atomic mass is 9.84. The number of carbonyl (C=O) groups is 2. The zero-order valence-electron chi connectivity index (χ0n) is 13.3. The molecule has 4 nitrogen and oxygen atoms in total. The standard InChI is InChI=1S/C17H29NO3/c1-3-12-9-14(15(10-12)17(20)21)16(19)18-11(2)13-7-5-4-6-8-13/h11-15H,3-10H2,1-2H3,(H,18,19)(H,20,21)/t11-,12?,14+,15-/m1/s1. The topological polar surface area (TPSA) is 66.4 Å². The minimum absolute atomic E-state index is 0.0311. The van der Waals surface area contributed by atoms with Crippen molar-refractivity contribution in [1.82, 2.24) is 5.32 Å². The first-order valence-electron chi connectivity index (χ1n) is 8.56. The lowest BCUT2D eigenvalue weighted by Crippen LogP contribution is -2.43. The average molecular weight is 295 g/mol. The van der Waals surface area contributed by atoms with Crippen molar-refractivity contribution in [2.45, 2.75) is 71.3 Å². The quantitative estimate of drug-likeness (QED) is 0.818. The Balaban J connectivity index is 1.93. The zero-order chi connectivity index (χ0) is 15.4. The fourth-order valence-corrected chi connectivity index (χ4v) is 4.12. The van der Waals surface area contributed by atoms with E-state index >= 15 is 0 Å². The molecule has 0 aromatic rings. The van der Waals surface area contributed by atoms with Gasteiger partial charge in [-0.05, 0) is 44.4 Å². The van der Waals surface area contributed by atoms with Gasteiger partial charge < -0.3 is 10.4 Å². The van der Waals surface area contributed by atoms with Crippen LogP contribution >= 0.6 is 0 Å². The van der Waals surface area contributed by atoms with Crippen LogP contribution in [-0.2, 0) is 9.59 Å². The molecule has 1 amide bonds. The molecular formula is C17H29NO3. The van der Waals surface area contributed by atoms with Crippen LogP contribution in [0.15, 0.2) is 0 Å². The third-order valence-corrected chi connectivity index (χ3v) is 5.62. The molecular weight excluding hydrogens is 266 g/mol. The summed E-state index contributed by atoms with van der Waals surface area (Å²) in [5.74, 6) is -0.721. The Labute approximate surface area is 127 Å². The Morgan fingerprint density at radius 3 is 2.33 bits per heavy atom. The van der Waals surface area contributed by atoms with Gasteiger partial charge in [0.1, 0.15) is 0 Å². The monoisotopic (exact) mass is 295 g/mol. The summed E-state index contributed by atoms with van der Waals surface area (Å²) in [6.45, 7) is 4.16. The first-order chi connectivity index (χ1) is 10.0. The van der Waals surface area contributed by atoms with Gasteiger partial charge in [0.05, 0.1) is 11.8 Å². The van der Waals surface area contributed by atoms with Gasteiger partial charge in [-0.15, -0.1) is 0 Å². The van der Waals surface area contributed by atoms with Crippen molar-refractivity contribution in [3.05, 3.63) is 0 Å². The molecule has 2 aliphatic carbocycles. The predicted octanol–water partition coefficient (Wildman–Crippen LogP) is 3.21. The average Bonchev–Trinajstić information content (AvgIpc) is 2.92. The molecule has 4 atom stereocenters. The number of carbonyl (C=O) groups excluding carboxylic acids is 1.